The molecule has 1 atom stereocenters. The number of hydrogen-bond acceptors (Lipinski definition) is 5. The zero-order valence-corrected chi connectivity index (χ0v) is 13.5. The fourth-order valence-electron chi connectivity index (χ4n) is 2.42. The van der Waals surface area contributed by atoms with Gasteiger partial charge in [-0.1, -0.05) is 0 Å². The van der Waals surface area contributed by atoms with Gasteiger partial charge in [-0.2, -0.15) is 0 Å². The van der Waals surface area contributed by atoms with E-state index in [-0.39, 0.29) is 31.4 Å². The van der Waals surface area contributed by atoms with E-state index in [1.807, 2.05) is 0 Å². The Bertz CT molecular complexity index is 579. The van der Waals surface area contributed by atoms with Crippen LogP contribution in [0.1, 0.15) is 20.8 Å². The van der Waals surface area contributed by atoms with E-state index >= 15 is 0 Å². The summed E-state index contributed by atoms with van der Waals surface area (Å²) in [5.41, 5.74) is -0.0844. The Balaban J connectivity index is 2.16. The van der Waals surface area contributed by atoms with Gasteiger partial charge in [-0.05, 0) is 45.0 Å². The van der Waals surface area contributed by atoms with Crippen LogP contribution < -0.4 is 4.90 Å². The van der Waals surface area contributed by atoms with Crippen LogP contribution in [0.25, 0.3) is 0 Å². The van der Waals surface area contributed by atoms with E-state index in [1.165, 1.54) is 21.9 Å². The zero-order chi connectivity index (χ0) is 17.2. The molecule has 1 unspecified atom stereocenters. The first-order valence-electron chi connectivity index (χ1n) is 7.41. The Labute approximate surface area is 135 Å². The standard InChI is InChI=1S/C16H22N2O5/c1-16(2,3)23-15(22)17-8-12(10-19)18(14(21)9-17)11-4-6-13(20)7-5-11/h4-7,12,19-20H,8-10H2,1-3H3. The number of aliphatic hydroxyl groups excluding tert-OH is 1. The van der Waals surface area contributed by atoms with E-state index in [9.17, 15) is 19.8 Å². The van der Waals surface area contributed by atoms with Crippen molar-refractivity contribution in [3.05, 3.63) is 24.3 Å². The number of aliphatic hydroxyl groups is 1. The molecule has 0 radical (unpaired) electrons. The molecule has 0 saturated carbocycles. The number of phenols is 1. The second-order valence-electron chi connectivity index (χ2n) is 6.48. The number of phenolic OH excluding ortho intramolecular Hbond substituents is 1. The maximum atomic E-state index is 12.4. The Hall–Kier alpha value is -2.28. The number of rotatable bonds is 2. The summed E-state index contributed by atoms with van der Waals surface area (Å²) < 4.78 is 5.28. The van der Waals surface area contributed by atoms with Crippen molar-refractivity contribution >= 4 is 17.7 Å². The molecule has 0 spiro atoms. The molecule has 0 bridgehead atoms. The van der Waals surface area contributed by atoms with E-state index in [2.05, 4.69) is 0 Å². The number of benzene rings is 1. The van der Waals surface area contributed by atoms with Crippen molar-refractivity contribution in [2.24, 2.45) is 0 Å². The van der Waals surface area contributed by atoms with Crippen LogP contribution in [0.15, 0.2) is 24.3 Å². The highest BCUT2D eigenvalue weighted by Crippen LogP contribution is 2.24. The van der Waals surface area contributed by atoms with Crippen LogP contribution in [0.4, 0.5) is 10.5 Å². The van der Waals surface area contributed by atoms with Crippen LogP contribution in [0, 0.1) is 0 Å². The average molecular weight is 322 g/mol. The minimum atomic E-state index is -0.650. The molecule has 0 aliphatic carbocycles. The van der Waals surface area contributed by atoms with Gasteiger partial charge in [-0.25, -0.2) is 4.79 Å². The van der Waals surface area contributed by atoms with Crippen LogP contribution in [-0.4, -0.2) is 58.5 Å². The number of amides is 2. The highest BCUT2D eigenvalue weighted by molar-refractivity contribution is 5.98. The Morgan fingerprint density at radius 1 is 1.30 bits per heavy atom. The molecule has 1 aliphatic rings. The third-order valence-electron chi connectivity index (χ3n) is 3.38. The summed E-state index contributed by atoms with van der Waals surface area (Å²) in [6, 6.07) is 5.57. The Morgan fingerprint density at radius 2 is 1.91 bits per heavy atom. The molecule has 1 fully saturated rings. The summed E-state index contributed by atoms with van der Waals surface area (Å²) in [6.07, 6.45) is -0.574. The fourth-order valence-corrected chi connectivity index (χ4v) is 2.42. The van der Waals surface area contributed by atoms with Gasteiger partial charge >= 0.3 is 6.09 Å². The smallest absolute Gasteiger partial charge is 0.410 e. The topological polar surface area (TPSA) is 90.3 Å². The van der Waals surface area contributed by atoms with Gasteiger partial charge in [-0.3, -0.25) is 9.69 Å². The second kappa shape index (κ2) is 6.45. The minimum Gasteiger partial charge on any atom is -0.508 e. The highest BCUT2D eigenvalue weighted by atomic mass is 16.6. The molecular formula is C16H22N2O5. The van der Waals surface area contributed by atoms with Gasteiger partial charge in [0.25, 0.3) is 0 Å². The number of carbonyl (C=O) groups is 2. The minimum absolute atomic E-state index is 0.0918. The summed E-state index contributed by atoms with van der Waals surface area (Å²) in [5, 5.41) is 18.9. The lowest BCUT2D eigenvalue weighted by atomic mass is 10.1. The molecule has 0 aromatic heterocycles. The van der Waals surface area contributed by atoms with E-state index in [0.29, 0.717) is 5.69 Å². The molecule has 1 aromatic carbocycles. The van der Waals surface area contributed by atoms with Gasteiger partial charge in [0, 0.05) is 12.2 Å². The van der Waals surface area contributed by atoms with Crippen LogP contribution in [0.3, 0.4) is 0 Å². The van der Waals surface area contributed by atoms with Crippen molar-refractivity contribution in [3.63, 3.8) is 0 Å². The van der Waals surface area contributed by atoms with Crippen molar-refractivity contribution in [1.82, 2.24) is 4.90 Å². The first-order chi connectivity index (χ1) is 10.7. The normalized spacial score (nSPS) is 19.0. The predicted octanol–water partition coefficient (Wildman–Crippen LogP) is 1.34. The molecule has 2 N–H and O–H groups in total. The summed E-state index contributed by atoms with van der Waals surface area (Å²) in [6.45, 7) is 5.03. The van der Waals surface area contributed by atoms with E-state index < -0.39 is 17.7 Å². The first kappa shape index (κ1) is 17.1. The zero-order valence-electron chi connectivity index (χ0n) is 13.5. The lowest BCUT2D eigenvalue weighted by Gasteiger charge is -2.40. The molecule has 2 amide bonds. The fraction of sp³-hybridized carbons (Fsp3) is 0.500. The van der Waals surface area contributed by atoms with Crippen molar-refractivity contribution in [2.45, 2.75) is 32.4 Å². The molecule has 1 heterocycles. The quantitative estimate of drug-likeness (QED) is 0.857. The van der Waals surface area contributed by atoms with Crippen molar-refractivity contribution in [1.29, 1.82) is 0 Å². The Morgan fingerprint density at radius 3 is 2.43 bits per heavy atom. The lowest BCUT2D eigenvalue weighted by Crippen LogP contribution is -2.60. The Kier molecular flexibility index (Phi) is 4.79. The third-order valence-corrected chi connectivity index (χ3v) is 3.38. The number of ether oxygens (including phenoxy) is 1. The lowest BCUT2D eigenvalue weighted by molar-refractivity contribution is -0.122. The first-order valence-corrected chi connectivity index (χ1v) is 7.41. The molecular weight excluding hydrogens is 300 g/mol. The van der Waals surface area contributed by atoms with E-state index in [0.717, 1.165) is 0 Å². The average Bonchev–Trinajstić information content (AvgIpc) is 2.46. The van der Waals surface area contributed by atoms with Gasteiger partial charge in [0.1, 0.15) is 17.9 Å². The summed E-state index contributed by atoms with van der Waals surface area (Å²) in [5.74, 6) is -0.221. The molecule has 1 saturated heterocycles. The van der Waals surface area contributed by atoms with E-state index in [1.54, 1.807) is 32.9 Å². The van der Waals surface area contributed by atoms with Crippen LogP contribution in [0.5, 0.6) is 5.75 Å². The number of piperazine rings is 1. The highest BCUT2D eigenvalue weighted by Gasteiger charge is 2.36. The van der Waals surface area contributed by atoms with Gasteiger partial charge < -0.3 is 19.8 Å². The van der Waals surface area contributed by atoms with Gasteiger partial charge in [0.05, 0.1) is 12.6 Å². The number of nitrogens with zero attached hydrogens (tertiary/aromatic N) is 2. The summed E-state index contributed by atoms with van der Waals surface area (Å²) >= 11 is 0. The van der Waals surface area contributed by atoms with Crippen molar-refractivity contribution < 1.29 is 24.5 Å². The summed E-state index contributed by atoms with van der Waals surface area (Å²) in [4.78, 5) is 27.3. The van der Waals surface area contributed by atoms with Crippen molar-refractivity contribution in [3.8, 4) is 5.75 Å². The van der Waals surface area contributed by atoms with Gasteiger partial charge in [0.15, 0.2) is 0 Å². The number of carbonyl (C=O) groups excluding carboxylic acids is 2. The SMILES string of the molecule is CC(C)(C)OC(=O)N1CC(=O)N(c2ccc(O)cc2)C(CO)C1. The molecule has 1 aliphatic heterocycles. The second-order valence-corrected chi connectivity index (χ2v) is 6.48. The molecule has 7 nitrogen and oxygen atoms in total. The molecule has 7 heteroatoms. The maximum Gasteiger partial charge on any atom is 0.410 e. The predicted molar refractivity (Wildman–Crippen MR) is 84.3 cm³/mol. The third kappa shape index (κ3) is 4.13. The van der Waals surface area contributed by atoms with Crippen LogP contribution in [-0.2, 0) is 9.53 Å². The summed E-state index contributed by atoms with van der Waals surface area (Å²) in [7, 11) is 0. The molecule has 1 aromatic rings. The molecule has 23 heavy (non-hydrogen) atoms. The molecule has 2 rings (SSSR count). The van der Waals surface area contributed by atoms with Gasteiger partial charge in [-0.15, -0.1) is 0 Å². The number of hydrogen-bond donors (Lipinski definition) is 2. The largest absolute Gasteiger partial charge is 0.508 e. The van der Waals surface area contributed by atoms with Gasteiger partial charge in [0.2, 0.25) is 5.91 Å². The number of aromatic hydroxyl groups is 1. The maximum absolute atomic E-state index is 12.4. The number of anilines is 1. The van der Waals surface area contributed by atoms with Crippen LogP contribution >= 0.6 is 0 Å². The molecule has 126 valence electrons. The van der Waals surface area contributed by atoms with Crippen molar-refractivity contribution in [2.75, 3.05) is 24.6 Å². The monoisotopic (exact) mass is 322 g/mol. The van der Waals surface area contributed by atoms with E-state index in [4.69, 9.17) is 4.74 Å². The van der Waals surface area contributed by atoms with Crippen LogP contribution in [0.2, 0.25) is 0 Å².